The first-order chi connectivity index (χ1) is 12.4. The molecule has 0 fully saturated rings. The molecule has 1 nitrogen and oxygen atoms in total. The Morgan fingerprint density at radius 2 is 1.28 bits per heavy atom. The molecule has 0 aliphatic heterocycles. The topological polar surface area (TPSA) is 9.23 Å². The highest BCUT2D eigenvalue weighted by Gasteiger charge is 2.13. The molecule has 0 aliphatic carbocycles. The third kappa shape index (κ3) is 2.09. The molecule has 0 aliphatic rings. The predicted molar refractivity (Wildman–Crippen MR) is 107 cm³/mol. The van der Waals surface area contributed by atoms with Crippen LogP contribution in [0.2, 0.25) is 0 Å². The maximum Gasteiger partial charge on any atom is 0.127 e. The van der Waals surface area contributed by atoms with Crippen molar-refractivity contribution < 1.29 is 4.74 Å². The number of benzene rings is 5. The van der Waals surface area contributed by atoms with Gasteiger partial charge in [-0.05, 0) is 50.9 Å². The van der Waals surface area contributed by atoms with Gasteiger partial charge >= 0.3 is 0 Å². The van der Waals surface area contributed by atoms with Gasteiger partial charge in [-0.1, -0.05) is 72.8 Å². The van der Waals surface area contributed by atoms with E-state index in [9.17, 15) is 0 Å². The standard InChI is InChI=1S/C24H18O/c1-2-25-22-9-4-3-8-20(22)19-14-12-18-11-10-16-6-5-7-17-13-15-21(19)24(18)23(16)17/h3-15H,2H2,1H3. The molecule has 0 heterocycles. The highest BCUT2D eigenvalue weighted by Crippen LogP contribution is 2.41. The van der Waals surface area contributed by atoms with E-state index in [2.05, 4.69) is 72.8 Å². The van der Waals surface area contributed by atoms with Crippen molar-refractivity contribution in [3.05, 3.63) is 78.9 Å². The summed E-state index contributed by atoms with van der Waals surface area (Å²) in [7, 11) is 0. The molecule has 0 saturated heterocycles. The van der Waals surface area contributed by atoms with Gasteiger partial charge in [0.25, 0.3) is 0 Å². The highest BCUT2D eigenvalue weighted by atomic mass is 16.5. The summed E-state index contributed by atoms with van der Waals surface area (Å²) < 4.78 is 5.88. The van der Waals surface area contributed by atoms with E-state index in [-0.39, 0.29) is 0 Å². The molecule has 25 heavy (non-hydrogen) atoms. The third-order valence-corrected chi connectivity index (χ3v) is 5.01. The van der Waals surface area contributed by atoms with Crippen LogP contribution in [0.1, 0.15) is 6.92 Å². The van der Waals surface area contributed by atoms with E-state index in [1.165, 1.54) is 37.9 Å². The van der Waals surface area contributed by atoms with Crippen LogP contribution in [0.5, 0.6) is 5.75 Å². The molecular formula is C24H18O. The van der Waals surface area contributed by atoms with E-state index < -0.39 is 0 Å². The second kappa shape index (κ2) is 5.49. The minimum Gasteiger partial charge on any atom is -0.493 e. The lowest BCUT2D eigenvalue weighted by atomic mass is 9.90. The number of hydrogen-bond acceptors (Lipinski definition) is 1. The zero-order valence-electron chi connectivity index (χ0n) is 14.1. The SMILES string of the molecule is CCOc1ccccc1-c1ccc2ccc3cccc4ccc1c2c34. The Kier molecular flexibility index (Phi) is 3.14. The number of hydrogen-bond donors (Lipinski definition) is 0. The molecule has 120 valence electrons. The molecule has 0 bridgehead atoms. The minimum absolute atomic E-state index is 0.669. The Morgan fingerprint density at radius 1 is 0.600 bits per heavy atom. The van der Waals surface area contributed by atoms with Crippen LogP contribution in [0, 0.1) is 0 Å². The molecule has 0 unspecified atom stereocenters. The van der Waals surface area contributed by atoms with Gasteiger partial charge in [-0.15, -0.1) is 0 Å². The number of ether oxygens (including phenoxy) is 1. The van der Waals surface area contributed by atoms with Gasteiger partial charge in [0.2, 0.25) is 0 Å². The van der Waals surface area contributed by atoms with E-state index in [4.69, 9.17) is 4.74 Å². The van der Waals surface area contributed by atoms with Crippen LogP contribution in [0.4, 0.5) is 0 Å². The normalized spacial score (nSPS) is 11.6. The summed E-state index contributed by atoms with van der Waals surface area (Å²) in [6.45, 7) is 2.70. The van der Waals surface area contributed by atoms with Crippen molar-refractivity contribution in [1.82, 2.24) is 0 Å². The maximum atomic E-state index is 5.88. The van der Waals surface area contributed by atoms with Crippen LogP contribution in [0.15, 0.2) is 78.9 Å². The first-order valence-electron chi connectivity index (χ1n) is 8.75. The lowest BCUT2D eigenvalue weighted by Gasteiger charge is -2.16. The second-order valence-electron chi connectivity index (χ2n) is 6.40. The van der Waals surface area contributed by atoms with Crippen LogP contribution >= 0.6 is 0 Å². The van der Waals surface area contributed by atoms with Crippen molar-refractivity contribution in [1.29, 1.82) is 0 Å². The molecule has 0 saturated carbocycles. The monoisotopic (exact) mass is 322 g/mol. The van der Waals surface area contributed by atoms with Crippen LogP contribution in [-0.4, -0.2) is 6.61 Å². The zero-order chi connectivity index (χ0) is 16.8. The molecule has 5 aromatic carbocycles. The van der Waals surface area contributed by atoms with Gasteiger partial charge in [-0.2, -0.15) is 0 Å². The Bertz CT molecular complexity index is 1190. The van der Waals surface area contributed by atoms with E-state index in [1.807, 2.05) is 13.0 Å². The summed E-state index contributed by atoms with van der Waals surface area (Å²) in [6.07, 6.45) is 0. The lowest BCUT2D eigenvalue weighted by Crippen LogP contribution is -1.94. The quantitative estimate of drug-likeness (QED) is 0.338. The fraction of sp³-hybridized carbons (Fsp3) is 0.0833. The average molecular weight is 322 g/mol. The Balaban J connectivity index is 1.92. The Labute approximate surface area is 146 Å². The van der Waals surface area contributed by atoms with Gasteiger partial charge < -0.3 is 4.74 Å². The Hall–Kier alpha value is -3.06. The van der Waals surface area contributed by atoms with Crippen LogP contribution in [0.25, 0.3) is 43.4 Å². The van der Waals surface area contributed by atoms with Crippen LogP contribution in [0.3, 0.4) is 0 Å². The van der Waals surface area contributed by atoms with Crippen molar-refractivity contribution >= 4 is 32.3 Å². The minimum atomic E-state index is 0.669. The summed E-state index contributed by atoms with van der Waals surface area (Å²) >= 11 is 0. The lowest BCUT2D eigenvalue weighted by molar-refractivity contribution is 0.341. The van der Waals surface area contributed by atoms with E-state index >= 15 is 0 Å². The maximum absolute atomic E-state index is 5.88. The molecule has 0 radical (unpaired) electrons. The van der Waals surface area contributed by atoms with Crippen LogP contribution < -0.4 is 4.74 Å². The molecule has 0 aromatic heterocycles. The molecule has 1 heteroatoms. The summed E-state index contributed by atoms with van der Waals surface area (Å²) in [5.41, 5.74) is 2.39. The summed E-state index contributed by atoms with van der Waals surface area (Å²) in [4.78, 5) is 0. The summed E-state index contributed by atoms with van der Waals surface area (Å²) in [5.74, 6) is 0.944. The first-order valence-corrected chi connectivity index (χ1v) is 8.75. The van der Waals surface area contributed by atoms with E-state index in [0.29, 0.717) is 6.61 Å². The Morgan fingerprint density at radius 3 is 2.08 bits per heavy atom. The van der Waals surface area contributed by atoms with Crippen molar-refractivity contribution in [3.8, 4) is 16.9 Å². The van der Waals surface area contributed by atoms with Gasteiger partial charge in [0.1, 0.15) is 5.75 Å². The average Bonchev–Trinajstić information content (AvgIpc) is 2.67. The molecule has 0 amide bonds. The number of para-hydroxylation sites is 1. The van der Waals surface area contributed by atoms with E-state index in [1.54, 1.807) is 0 Å². The van der Waals surface area contributed by atoms with Gasteiger partial charge in [0.15, 0.2) is 0 Å². The molecular weight excluding hydrogens is 304 g/mol. The molecule has 0 atom stereocenters. The number of rotatable bonds is 3. The van der Waals surface area contributed by atoms with Crippen molar-refractivity contribution in [2.24, 2.45) is 0 Å². The molecule has 5 rings (SSSR count). The first kappa shape index (κ1) is 14.3. The molecule has 0 spiro atoms. The van der Waals surface area contributed by atoms with Gasteiger partial charge in [0.05, 0.1) is 6.61 Å². The second-order valence-corrected chi connectivity index (χ2v) is 6.40. The smallest absolute Gasteiger partial charge is 0.127 e. The van der Waals surface area contributed by atoms with Gasteiger partial charge in [0, 0.05) is 5.56 Å². The fourth-order valence-corrected chi connectivity index (χ4v) is 3.94. The zero-order valence-corrected chi connectivity index (χ0v) is 14.1. The summed E-state index contributed by atoms with van der Waals surface area (Å²) in [5, 5.41) is 7.87. The third-order valence-electron chi connectivity index (χ3n) is 5.01. The van der Waals surface area contributed by atoms with Crippen molar-refractivity contribution in [2.45, 2.75) is 6.92 Å². The molecule has 0 N–H and O–H groups in total. The largest absolute Gasteiger partial charge is 0.493 e. The van der Waals surface area contributed by atoms with E-state index in [0.717, 1.165) is 11.3 Å². The highest BCUT2D eigenvalue weighted by molar-refractivity contribution is 6.25. The fourth-order valence-electron chi connectivity index (χ4n) is 3.94. The van der Waals surface area contributed by atoms with Crippen LogP contribution in [-0.2, 0) is 0 Å². The van der Waals surface area contributed by atoms with Gasteiger partial charge in [-0.25, -0.2) is 0 Å². The predicted octanol–water partition coefficient (Wildman–Crippen LogP) is 6.65. The summed E-state index contributed by atoms with van der Waals surface area (Å²) in [6, 6.07) is 28.2. The van der Waals surface area contributed by atoms with Crippen molar-refractivity contribution in [3.63, 3.8) is 0 Å². The van der Waals surface area contributed by atoms with Gasteiger partial charge in [-0.3, -0.25) is 0 Å². The van der Waals surface area contributed by atoms with Crippen molar-refractivity contribution in [2.75, 3.05) is 6.61 Å². The molecule has 5 aromatic rings.